The van der Waals surface area contributed by atoms with Crippen LogP contribution >= 0.6 is 11.8 Å². The Kier molecular flexibility index (Phi) is 5.41. The lowest BCUT2D eigenvalue weighted by Gasteiger charge is -2.26. The van der Waals surface area contributed by atoms with Crippen molar-refractivity contribution in [1.29, 1.82) is 0 Å². The van der Waals surface area contributed by atoms with E-state index in [1.54, 1.807) is 30.2 Å². The smallest absolute Gasteiger partial charge is 0.233 e. The zero-order chi connectivity index (χ0) is 16.1. The number of likely N-dealkylation sites (tertiary alicyclic amines) is 1. The van der Waals surface area contributed by atoms with Crippen LogP contribution in [0.2, 0.25) is 0 Å². The Morgan fingerprint density at radius 2 is 2.13 bits per heavy atom. The van der Waals surface area contributed by atoms with Crippen molar-refractivity contribution < 1.29 is 14.3 Å². The molecule has 1 fully saturated rings. The number of rotatable bonds is 6. The first kappa shape index (κ1) is 16.1. The zero-order valence-corrected chi connectivity index (χ0v) is 13.7. The van der Waals surface area contributed by atoms with Crippen molar-refractivity contribution in [3.63, 3.8) is 0 Å². The van der Waals surface area contributed by atoms with Crippen LogP contribution in [0.25, 0.3) is 0 Å². The standard InChI is InChI=1S/C18H21NO3S/c20-16(17-9-5-11-22-17)12-14-6-4-10-19(14)18(21)13-23-15-7-2-1-3-8-15/h1-3,5,7-9,11,14,16,20H,4,6,10,12-13H2/t14-,16+/m1/s1. The first-order valence-corrected chi connectivity index (χ1v) is 8.91. The fourth-order valence-corrected chi connectivity index (χ4v) is 3.81. The molecular weight excluding hydrogens is 310 g/mol. The predicted molar refractivity (Wildman–Crippen MR) is 90.2 cm³/mol. The predicted octanol–water partition coefficient (Wildman–Crippen LogP) is 3.49. The highest BCUT2D eigenvalue weighted by Gasteiger charge is 2.31. The summed E-state index contributed by atoms with van der Waals surface area (Å²) in [5.41, 5.74) is 0. The lowest BCUT2D eigenvalue weighted by atomic mass is 10.1. The summed E-state index contributed by atoms with van der Waals surface area (Å²) in [5.74, 6) is 1.16. The summed E-state index contributed by atoms with van der Waals surface area (Å²) in [5, 5.41) is 10.2. The van der Waals surface area contributed by atoms with E-state index < -0.39 is 6.10 Å². The third kappa shape index (κ3) is 4.18. The lowest BCUT2D eigenvalue weighted by Crippen LogP contribution is -2.37. The molecule has 1 amide bonds. The Bertz CT molecular complexity index is 614. The molecule has 1 aromatic carbocycles. The Hall–Kier alpha value is -1.72. The van der Waals surface area contributed by atoms with Crippen LogP contribution in [-0.2, 0) is 4.79 Å². The second kappa shape index (κ2) is 7.70. The average Bonchev–Trinajstić information content (AvgIpc) is 3.25. The Morgan fingerprint density at radius 3 is 2.87 bits per heavy atom. The van der Waals surface area contributed by atoms with Gasteiger partial charge in [0.25, 0.3) is 0 Å². The molecule has 0 unspecified atom stereocenters. The number of amides is 1. The number of benzene rings is 1. The van der Waals surface area contributed by atoms with Crippen LogP contribution in [-0.4, -0.2) is 34.3 Å². The molecule has 0 bridgehead atoms. The van der Waals surface area contributed by atoms with E-state index in [0.29, 0.717) is 17.9 Å². The van der Waals surface area contributed by atoms with E-state index in [1.165, 1.54) is 0 Å². The number of hydrogen-bond acceptors (Lipinski definition) is 4. The normalized spacial score (nSPS) is 19.0. The maximum atomic E-state index is 12.5. The summed E-state index contributed by atoms with van der Waals surface area (Å²) in [7, 11) is 0. The molecule has 1 saturated heterocycles. The van der Waals surface area contributed by atoms with Crippen molar-refractivity contribution in [2.75, 3.05) is 12.3 Å². The molecule has 4 nitrogen and oxygen atoms in total. The number of nitrogens with zero attached hydrogens (tertiary/aromatic N) is 1. The van der Waals surface area contributed by atoms with Gasteiger partial charge in [0, 0.05) is 23.9 Å². The molecule has 1 N–H and O–H groups in total. The minimum Gasteiger partial charge on any atom is -0.467 e. The van der Waals surface area contributed by atoms with Gasteiger partial charge in [0.05, 0.1) is 12.0 Å². The molecule has 0 saturated carbocycles. The van der Waals surface area contributed by atoms with Gasteiger partial charge in [-0.3, -0.25) is 4.79 Å². The molecule has 122 valence electrons. The van der Waals surface area contributed by atoms with Gasteiger partial charge in [-0.1, -0.05) is 18.2 Å². The van der Waals surface area contributed by atoms with E-state index in [0.717, 1.165) is 24.3 Å². The second-order valence-corrected chi connectivity index (χ2v) is 6.80. The summed E-state index contributed by atoms with van der Waals surface area (Å²) in [6.07, 6.45) is 3.39. The van der Waals surface area contributed by atoms with Gasteiger partial charge in [-0.05, 0) is 37.1 Å². The zero-order valence-electron chi connectivity index (χ0n) is 12.9. The number of carbonyl (C=O) groups excluding carboxylic acids is 1. The molecule has 2 heterocycles. The molecule has 2 aromatic rings. The highest BCUT2D eigenvalue weighted by molar-refractivity contribution is 8.00. The van der Waals surface area contributed by atoms with Crippen molar-refractivity contribution in [3.05, 3.63) is 54.5 Å². The highest BCUT2D eigenvalue weighted by Crippen LogP contribution is 2.28. The largest absolute Gasteiger partial charge is 0.467 e. The van der Waals surface area contributed by atoms with Gasteiger partial charge in [0.1, 0.15) is 11.9 Å². The summed E-state index contributed by atoms with van der Waals surface area (Å²) in [6, 6.07) is 13.6. The minimum atomic E-state index is -0.648. The second-order valence-electron chi connectivity index (χ2n) is 5.75. The molecule has 1 aliphatic heterocycles. The van der Waals surface area contributed by atoms with Crippen LogP contribution < -0.4 is 0 Å². The van der Waals surface area contributed by atoms with E-state index in [1.807, 2.05) is 35.2 Å². The molecule has 0 radical (unpaired) electrons. The number of hydrogen-bond donors (Lipinski definition) is 1. The van der Waals surface area contributed by atoms with Gasteiger partial charge in [-0.15, -0.1) is 11.8 Å². The Balaban J connectivity index is 1.54. The molecule has 1 aromatic heterocycles. The van der Waals surface area contributed by atoms with E-state index in [-0.39, 0.29) is 11.9 Å². The minimum absolute atomic E-state index is 0.0963. The van der Waals surface area contributed by atoms with E-state index >= 15 is 0 Å². The van der Waals surface area contributed by atoms with Crippen LogP contribution in [0, 0.1) is 0 Å². The van der Waals surface area contributed by atoms with Crippen molar-refractivity contribution in [1.82, 2.24) is 4.90 Å². The van der Waals surface area contributed by atoms with Gasteiger partial charge >= 0.3 is 0 Å². The summed E-state index contributed by atoms with van der Waals surface area (Å²) in [6.45, 7) is 0.781. The summed E-state index contributed by atoms with van der Waals surface area (Å²) >= 11 is 1.56. The molecule has 0 aliphatic carbocycles. The lowest BCUT2D eigenvalue weighted by molar-refractivity contribution is -0.129. The van der Waals surface area contributed by atoms with Crippen molar-refractivity contribution in [2.24, 2.45) is 0 Å². The first-order valence-electron chi connectivity index (χ1n) is 7.93. The van der Waals surface area contributed by atoms with Crippen LogP contribution in [0.5, 0.6) is 0 Å². The molecule has 0 spiro atoms. The van der Waals surface area contributed by atoms with Crippen LogP contribution in [0.3, 0.4) is 0 Å². The molecule has 1 aliphatic rings. The molecule has 23 heavy (non-hydrogen) atoms. The summed E-state index contributed by atoms with van der Waals surface area (Å²) in [4.78, 5) is 15.5. The van der Waals surface area contributed by atoms with Crippen molar-refractivity contribution in [2.45, 2.75) is 36.3 Å². The monoisotopic (exact) mass is 331 g/mol. The molecule has 2 atom stereocenters. The van der Waals surface area contributed by atoms with Gasteiger partial charge in [-0.25, -0.2) is 0 Å². The fourth-order valence-electron chi connectivity index (χ4n) is 3.01. The number of aliphatic hydroxyl groups is 1. The van der Waals surface area contributed by atoms with Gasteiger partial charge in [0.2, 0.25) is 5.91 Å². The maximum Gasteiger partial charge on any atom is 0.233 e. The molecular formula is C18H21NO3S. The summed E-state index contributed by atoms with van der Waals surface area (Å²) < 4.78 is 5.25. The van der Waals surface area contributed by atoms with Crippen LogP contribution in [0.15, 0.2) is 58.0 Å². The van der Waals surface area contributed by atoms with Gasteiger partial charge in [-0.2, -0.15) is 0 Å². The van der Waals surface area contributed by atoms with Gasteiger partial charge in [0.15, 0.2) is 0 Å². The SMILES string of the molecule is O=C(CSc1ccccc1)N1CCC[C@@H]1C[C@H](O)c1ccco1. The number of furan rings is 1. The van der Waals surface area contributed by atoms with Crippen LogP contribution in [0.1, 0.15) is 31.1 Å². The quantitative estimate of drug-likeness (QED) is 0.823. The van der Waals surface area contributed by atoms with Crippen molar-refractivity contribution in [3.8, 4) is 0 Å². The van der Waals surface area contributed by atoms with E-state index in [4.69, 9.17) is 4.42 Å². The first-order chi connectivity index (χ1) is 11.2. The third-order valence-electron chi connectivity index (χ3n) is 4.17. The van der Waals surface area contributed by atoms with Crippen LogP contribution in [0.4, 0.5) is 0 Å². The Labute approximate surface area is 140 Å². The van der Waals surface area contributed by atoms with E-state index in [2.05, 4.69) is 0 Å². The Morgan fingerprint density at radius 1 is 1.30 bits per heavy atom. The number of carbonyl (C=O) groups is 1. The molecule has 5 heteroatoms. The molecule has 3 rings (SSSR count). The average molecular weight is 331 g/mol. The van der Waals surface area contributed by atoms with E-state index in [9.17, 15) is 9.90 Å². The third-order valence-corrected chi connectivity index (χ3v) is 5.17. The highest BCUT2D eigenvalue weighted by atomic mass is 32.2. The maximum absolute atomic E-state index is 12.5. The van der Waals surface area contributed by atoms with Crippen molar-refractivity contribution >= 4 is 17.7 Å². The number of aliphatic hydroxyl groups excluding tert-OH is 1. The fraction of sp³-hybridized carbons (Fsp3) is 0.389. The number of thioether (sulfide) groups is 1. The van der Waals surface area contributed by atoms with Gasteiger partial charge < -0.3 is 14.4 Å². The topological polar surface area (TPSA) is 53.7 Å².